The van der Waals surface area contributed by atoms with Gasteiger partial charge in [0, 0.05) is 0 Å². The van der Waals surface area contributed by atoms with E-state index in [0.717, 1.165) is 29.6 Å². The molecule has 0 saturated carbocycles. The molecule has 94 valence electrons. The smallest absolute Gasteiger partial charge is 0.133 e. The first kappa shape index (κ1) is 14.3. The lowest BCUT2D eigenvalue weighted by Crippen LogP contribution is -2.06. The zero-order chi connectivity index (χ0) is 12.7. The number of allylic oxidation sites excluding steroid dienone is 1. The Morgan fingerprint density at radius 3 is 2.82 bits per heavy atom. The van der Waals surface area contributed by atoms with Gasteiger partial charge in [0.2, 0.25) is 0 Å². The lowest BCUT2D eigenvalue weighted by atomic mass is 10.1. The summed E-state index contributed by atoms with van der Waals surface area (Å²) in [6.07, 6.45) is 4.36. The van der Waals surface area contributed by atoms with E-state index in [9.17, 15) is 0 Å². The van der Waals surface area contributed by atoms with E-state index < -0.39 is 0 Å². The molecular weight excluding hydrogens is 278 g/mol. The van der Waals surface area contributed by atoms with Crippen molar-refractivity contribution in [2.45, 2.75) is 19.8 Å². The molecule has 0 unspecified atom stereocenters. The Balaban J connectivity index is 2.62. The van der Waals surface area contributed by atoms with Crippen molar-refractivity contribution in [3.8, 4) is 5.75 Å². The van der Waals surface area contributed by atoms with Gasteiger partial charge in [-0.05, 0) is 67.0 Å². The Kier molecular flexibility index (Phi) is 6.30. The van der Waals surface area contributed by atoms with Gasteiger partial charge in [0.15, 0.2) is 0 Å². The molecule has 0 spiro atoms. The minimum Gasteiger partial charge on any atom is -0.496 e. The van der Waals surface area contributed by atoms with E-state index in [1.165, 1.54) is 11.1 Å². The highest BCUT2D eigenvalue weighted by Gasteiger charge is 2.01. The zero-order valence-electron chi connectivity index (χ0n) is 10.7. The van der Waals surface area contributed by atoms with Crippen molar-refractivity contribution < 1.29 is 4.74 Å². The molecule has 1 rings (SSSR count). The Morgan fingerprint density at radius 1 is 1.47 bits per heavy atom. The number of halogens is 1. The fourth-order valence-electron chi connectivity index (χ4n) is 1.68. The average Bonchev–Trinajstić information content (AvgIpc) is 2.29. The third kappa shape index (κ3) is 4.92. The van der Waals surface area contributed by atoms with Crippen molar-refractivity contribution in [2.75, 3.05) is 20.7 Å². The normalized spacial score (nSPS) is 11.6. The van der Waals surface area contributed by atoms with Crippen LogP contribution in [0.5, 0.6) is 5.75 Å². The molecule has 0 bridgehead atoms. The third-order valence-electron chi connectivity index (χ3n) is 2.59. The molecule has 0 aliphatic rings. The van der Waals surface area contributed by atoms with Crippen molar-refractivity contribution in [1.82, 2.24) is 5.32 Å². The van der Waals surface area contributed by atoms with Gasteiger partial charge in [-0.2, -0.15) is 0 Å². The fourth-order valence-corrected chi connectivity index (χ4v) is 2.26. The summed E-state index contributed by atoms with van der Waals surface area (Å²) in [6.45, 7) is 3.21. The summed E-state index contributed by atoms with van der Waals surface area (Å²) in [5.74, 6) is 0.880. The molecule has 17 heavy (non-hydrogen) atoms. The van der Waals surface area contributed by atoms with Crippen molar-refractivity contribution >= 4 is 15.9 Å². The van der Waals surface area contributed by atoms with Gasteiger partial charge >= 0.3 is 0 Å². The predicted molar refractivity (Wildman–Crippen MR) is 76.7 cm³/mol. The Labute approximate surface area is 112 Å². The minimum atomic E-state index is 0.880. The summed E-state index contributed by atoms with van der Waals surface area (Å²) < 4.78 is 6.23. The van der Waals surface area contributed by atoms with Crippen LogP contribution in [-0.4, -0.2) is 20.7 Å². The highest BCUT2D eigenvalue weighted by Crippen LogP contribution is 2.26. The van der Waals surface area contributed by atoms with Crippen molar-refractivity contribution in [2.24, 2.45) is 0 Å². The average molecular weight is 298 g/mol. The molecule has 1 aromatic carbocycles. The van der Waals surface area contributed by atoms with Crippen LogP contribution in [0.3, 0.4) is 0 Å². The Hall–Kier alpha value is -0.800. The summed E-state index contributed by atoms with van der Waals surface area (Å²) in [5, 5.41) is 3.14. The minimum absolute atomic E-state index is 0.880. The van der Waals surface area contributed by atoms with Crippen LogP contribution < -0.4 is 10.1 Å². The van der Waals surface area contributed by atoms with Crippen LogP contribution in [0.2, 0.25) is 0 Å². The second kappa shape index (κ2) is 7.51. The lowest BCUT2D eigenvalue weighted by molar-refractivity contribution is 0.412. The first-order chi connectivity index (χ1) is 8.17. The summed E-state index contributed by atoms with van der Waals surface area (Å²) in [4.78, 5) is 0. The predicted octanol–water partition coefficient (Wildman–Crippen LogP) is 3.56. The van der Waals surface area contributed by atoms with Crippen molar-refractivity contribution in [1.29, 1.82) is 0 Å². The molecule has 0 amide bonds. The number of ether oxygens (including phenoxy) is 1. The molecule has 0 saturated heterocycles. The monoisotopic (exact) mass is 297 g/mol. The number of methoxy groups -OCH3 is 1. The van der Waals surface area contributed by atoms with Gasteiger partial charge in [0.25, 0.3) is 0 Å². The molecule has 0 fully saturated rings. The van der Waals surface area contributed by atoms with E-state index in [1.54, 1.807) is 7.11 Å². The second-order valence-electron chi connectivity index (χ2n) is 4.09. The van der Waals surface area contributed by atoms with Crippen LogP contribution >= 0.6 is 15.9 Å². The maximum atomic E-state index is 5.21. The van der Waals surface area contributed by atoms with E-state index in [-0.39, 0.29) is 0 Å². The molecular formula is C14H20BrNO. The molecule has 1 aromatic rings. The Bertz CT molecular complexity index is 388. The van der Waals surface area contributed by atoms with Crippen molar-refractivity contribution in [3.63, 3.8) is 0 Å². The molecule has 0 heterocycles. The molecule has 1 N–H and O–H groups in total. The zero-order valence-corrected chi connectivity index (χ0v) is 12.3. The van der Waals surface area contributed by atoms with E-state index in [4.69, 9.17) is 4.74 Å². The van der Waals surface area contributed by atoms with Gasteiger partial charge in [0.05, 0.1) is 11.6 Å². The maximum Gasteiger partial charge on any atom is 0.133 e. The SMILES string of the molecule is CNCCC=C(C)Cc1ccc(OC)c(Br)c1. The standard InChI is InChI=1S/C14H20BrNO/c1-11(5-4-8-16-2)9-12-6-7-14(17-3)13(15)10-12/h5-7,10,16H,4,8-9H2,1-3H3. The molecule has 0 aromatic heterocycles. The van der Waals surface area contributed by atoms with Gasteiger partial charge in [-0.15, -0.1) is 0 Å². The van der Waals surface area contributed by atoms with E-state index in [0.29, 0.717) is 0 Å². The van der Waals surface area contributed by atoms with E-state index >= 15 is 0 Å². The summed E-state index contributed by atoms with van der Waals surface area (Å²) in [6, 6.07) is 6.23. The first-order valence-electron chi connectivity index (χ1n) is 5.80. The van der Waals surface area contributed by atoms with Crippen LogP contribution in [0.4, 0.5) is 0 Å². The lowest BCUT2D eigenvalue weighted by Gasteiger charge is -2.07. The van der Waals surface area contributed by atoms with Gasteiger partial charge in [0.1, 0.15) is 5.75 Å². The fraction of sp³-hybridized carbons (Fsp3) is 0.429. The molecule has 3 heteroatoms. The van der Waals surface area contributed by atoms with Gasteiger partial charge in [-0.25, -0.2) is 0 Å². The number of nitrogens with one attached hydrogen (secondary N) is 1. The summed E-state index contributed by atoms with van der Waals surface area (Å²) in [5.41, 5.74) is 2.70. The number of rotatable bonds is 6. The third-order valence-corrected chi connectivity index (χ3v) is 3.21. The van der Waals surface area contributed by atoms with E-state index in [1.807, 2.05) is 13.1 Å². The highest BCUT2D eigenvalue weighted by atomic mass is 79.9. The van der Waals surface area contributed by atoms with E-state index in [2.05, 4.69) is 46.4 Å². The maximum absolute atomic E-state index is 5.21. The van der Waals surface area contributed by atoms with Crippen LogP contribution in [0, 0.1) is 0 Å². The van der Waals surface area contributed by atoms with Crippen LogP contribution in [0.15, 0.2) is 34.3 Å². The molecule has 2 nitrogen and oxygen atoms in total. The topological polar surface area (TPSA) is 21.3 Å². The van der Waals surface area contributed by atoms with Crippen LogP contribution in [0.25, 0.3) is 0 Å². The molecule has 0 aliphatic heterocycles. The second-order valence-corrected chi connectivity index (χ2v) is 4.94. The number of hydrogen-bond donors (Lipinski definition) is 1. The van der Waals surface area contributed by atoms with Gasteiger partial charge < -0.3 is 10.1 Å². The van der Waals surface area contributed by atoms with Crippen LogP contribution in [-0.2, 0) is 6.42 Å². The van der Waals surface area contributed by atoms with Crippen molar-refractivity contribution in [3.05, 3.63) is 39.9 Å². The van der Waals surface area contributed by atoms with Gasteiger partial charge in [-0.3, -0.25) is 0 Å². The largest absolute Gasteiger partial charge is 0.496 e. The molecule has 0 aliphatic carbocycles. The highest BCUT2D eigenvalue weighted by molar-refractivity contribution is 9.10. The molecule has 0 atom stereocenters. The quantitative estimate of drug-likeness (QED) is 0.640. The van der Waals surface area contributed by atoms with Crippen LogP contribution in [0.1, 0.15) is 18.9 Å². The first-order valence-corrected chi connectivity index (χ1v) is 6.59. The molecule has 0 radical (unpaired) electrons. The summed E-state index contributed by atoms with van der Waals surface area (Å²) in [7, 11) is 3.66. The van der Waals surface area contributed by atoms with Gasteiger partial charge in [-0.1, -0.05) is 17.7 Å². The number of hydrogen-bond acceptors (Lipinski definition) is 2. The number of benzene rings is 1. The Morgan fingerprint density at radius 2 is 2.24 bits per heavy atom. The summed E-state index contributed by atoms with van der Waals surface area (Å²) >= 11 is 3.51.